The number of benzene rings is 3. The molecule has 36 heavy (non-hydrogen) atoms. The molecule has 0 bridgehead atoms. The molecule has 2 heterocycles. The fourth-order valence-corrected chi connectivity index (χ4v) is 3.98. The lowest BCUT2D eigenvalue weighted by atomic mass is 10.1. The summed E-state index contributed by atoms with van der Waals surface area (Å²) in [6.07, 6.45) is 1.58. The summed E-state index contributed by atoms with van der Waals surface area (Å²) in [5, 5.41) is 7.32. The number of ether oxygens (including phenoxy) is 2. The van der Waals surface area contributed by atoms with Gasteiger partial charge in [0.2, 0.25) is 11.8 Å². The van der Waals surface area contributed by atoms with E-state index in [1.54, 1.807) is 41.4 Å². The van der Waals surface area contributed by atoms with Crippen LogP contribution in [0.3, 0.4) is 0 Å². The van der Waals surface area contributed by atoms with Crippen molar-refractivity contribution < 1.29 is 19.1 Å². The molecule has 5 rings (SSSR count). The first-order valence-electron chi connectivity index (χ1n) is 11.4. The normalized spacial score (nSPS) is 13.3. The molecule has 1 aliphatic heterocycles. The third kappa shape index (κ3) is 5.18. The molecule has 0 saturated carbocycles. The molecular formula is C26H24N6O4. The Bertz CT molecular complexity index is 1420. The third-order valence-electron chi connectivity index (χ3n) is 5.65. The minimum absolute atomic E-state index is 0.0406. The summed E-state index contributed by atoms with van der Waals surface area (Å²) in [6.45, 7) is 2.24. The zero-order chi connectivity index (χ0) is 24.9. The van der Waals surface area contributed by atoms with Gasteiger partial charge in [0.1, 0.15) is 5.75 Å². The van der Waals surface area contributed by atoms with Crippen molar-refractivity contribution in [3.63, 3.8) is 0 Å². The Labute approximate surface area is 207 Å². The van der Waals surface area contributed by atoms with Gasteiger partial charge in [0.15, 0.2) is 0 Å². The molecule has 0 aliphatic carbocycles. The van der Waals surface area contributed by atoms with Crippen LogP contribution >= 0.6 is 0 Å². The number of carbonyl (C=O) groups is 2. The highest BCUT2D eigenvalue weighted by atomic mass is 16.5. The van der Waals surface area contributed by atoms with Crippen LogP contribution in [0.25, 0.3) is 10.8 Å². The SMILES string of the molecule is NC(=O)Nc1ccc(Oc2ccnc(Nc3cccc(C(=O)N4CCOCC4)c3)n2)c2ccccc12. The Kier molecular flexibility index (Phi) is 6.59. The topological polar surface area (TPSA) is 132 Å². The number of hydrogen-bond donors (Lipinski definition) is 3. The largest absolute Gasteiger partial charge is 0.438 e. The number of urea groups is 1. The van der Waals surface area contributed by atoms with E-state index >= 15 is 0 Å². The smallest absolute Gasteiger partial charge is 0.316 e. The predicted molar refractivity (Wildman–Crippen MR) is 136 cm³/mol. The van der Waals surface area contributed by atoms with Crippen molar-refractivity contribution in [1.29, 1.82) is 0 Å². The molecule has 182 valence electrons. The van der Waals surface area contributed by atoms with Crippen LogP contribution in [0.4, 0.5) is 22.1 Å². The van der Waals surface area contributed by atoms with E-state index in [1.807, 2.05) is 36.4 Å². The first-order chi connectivity index (χ1) is 17.6. The molecule has 0 atom stereocenters. The average molecular weight is 485 g/mol. The fourth-order valence-electron chi connectivity index (χ4n) is 3.98. The first-order valence-corrected chi connectivity index (χ1v) is 11.4. The van der Waals surface area contributed by atoms with E-state index in [2.05, 4.69) is 20.6 Å². The van der Waals surface area contributed by atoms with Gasteiger partial charge >= 0.3 is 6.03 Å². The van der Waals surface area contributed by atoms with Crippen LogP contribution in [-0.4, -0.2) is 53.1 Å². The lowest BCUT2D eigenvalue weighted by molar-refractivity contribution is 0.0303. The number of nitrogens with zero attached hydrogens (tertiary/aromatic N) is 3. The van der Waals surface area contributed by atoms with Crippen LogP contribution < -0.4 is 21.1 Å². The maximum absolute atomic E-state index is 12.8. The number of aromatic nitrogens is 2. The second kappa shape index (κ2) is 10.3. The van der Waals surface area contributed by atoms with Crippen LogP contribution in [0.2, 0.25) is 0 Å². The van der Waals surface area contributed by atoms with Gasteiger partial charge < -0.3 is 30.7 Å². The quantitative estimate of drug-likeness (QED) is 0.375. The highest BCUT2D eigenvalue weighted by Crippen LogP contribution is 2.34. The second-order valence-electron chi connectivity index (χ2n) is 8.08. The third-order valence-corrected chi connectivity index (χ3v) is 5.65. The van der Waals surface area contributed by atoms with Crippen molar-refractivity contribution in [2.24, 2.45) is 5.73 Å². The summed E-state index contributed by atoms with van der Waals surface area (Å²) in [7, 11) is 0. The maximum atomic E-state index is 12.8. The molecule has 10 heteroatoms. The van der Waals surface area contributed by atoms with Crippen LogP contribution in [-0.2, 0) is 4.74 Å². The highest BCUT2D eigenvalue weighted by Gasteiger charge is 2.19. The van der Waals surface area contributed by atoms with Gasteiger partial charge in [-0.2, -0.15) is 4.98 Å². The van der Waals surface area contributed by atoms with Gasteiger partial charge in [-0.3, -0.25) is 4.79 Å². The number of morpholine rings is 1. The Morgan fingerprint density at radius 1 is 0.972 bits per heavy atom. The highest BCUT2D eigenvalue weighted by molar-refractivity contribution is 6.03. The predicted octanol–water partition coefficient (Wildman–Crippen LogP) is 4.13. The van der Waals surface area contributed by atoms with E-state index in [0.29, 0.717) is 60.8 Å². The average Bonchev–Trinajstić information content (AvgIpc) is 2.90. The zero-order valence-corrected chi connectivity index (χ0v) is 19.3. The van der Waals surface area contributed by atoms with E-state index in [4.69, 9.17) is 15.2 Å². The molecule has 0 radical (unpaired) electrons. The molecular weight excluding hydrogens is 460 g/mol. The molecule has 3 aromatic carbocycles. The van der Waals surface area contributed by atoms with Gasteiger partial charge in [0, 0.05) is 47.4 Å². The molecule has 0 unspecified atom stereocenters. The summed E-state index contributed by atoms with van der Waals surface area (Å²) < 4.78 is 11.4. The van der Waals surface area contributed by atoms with E-state index in [0.717, 1.165) is 10.8 Å². The van der Waals surface area contributed by atoms with E-state index in [-0.39, 0.29) is 5.91 Å². The van der Waals surface area contributed by atoms with Gasteiger partial charge in [-0.25, -0.2) is 9.78 Å². The van der Waals surface area contributed by atoms with Crippen molar-refractivity contribution in [3.8, 4) is 11.6 Å². The number of carbonyl (C=O) groups excluding carboxylic acids is 2. The lowest BCUT2D eigenvalue weighted by Gasteiger charge is -2.27. The Balaban J connectivity index is 1.35. The van der Waals surface area contributed by atoms with E-state index in [1.165, 1.54) is 0 Å². The Hall–Kier alpha value is -4.70. The fraction of sp³-hybridized carbons (Fsp3) is 0.154. The summed E-state index contributed by atoms with van der Waals surface area (Å²) in [5.74, 6) is 1.16. The van der Waals surface area contributed by atoms with Gasteiger partial charge in [-0.05, 0) is 30.3 Å². The van der Waals surface area contributed by atoms with Crippen molar-refractivity contribution in [1.82, 2.24) is 14.9 Å². The van der Waals surface area contributed by atoms with Crippen molar-refractivity contribution in [2.75, 3.05) is 36.9 Å². The molecule has 10 nitrogen and oxygen atoms in total. The second-order valence-corrected chi connectivity index (χ2v) is 8.08. The lowest BCUT2D eigenvalue weighted by Crippen LogP contribution is -2.40. The number of rotatable bonds is 6. The molecule has 1 fully saturated rings. The summed E-state index contributed by atoms with van der Waals surface area (Å²) in [4.78, 5) is 34.7. The van der Waals surface area contributed by atoms with Crippen molar-refractivity contribution in [3.05, 3.63) is 78.5 Å². The standard InChI is InChI=1S/C26H24N6O4/c27-25(34)30-21-8-9-22(20-7-2-1-6-19(20)21)36-23-10-11-28-26(31-23)29-18-5-3-4-17(16-18)24(33)32-12-14-35-15-13-32/h1-11,16H,12-15H2,(H3,27,30,34)(H,28,29,31). The number of nitrogens with one attached hydrogen (secondary N) is 2. The monoisotopic (exact) mass is 484 g/mol. The number of amides is 3. The summed E-state index contributed by atoms with van der Waals surface area (Å²) in [5.41, 5.74) is 7.13. The molecule has 3 amide bonds. The number of hydrogen-bond acceptors (Lipinski definition) is 7. The molecule has 1 aliphatic rings. The Morgan fingerprint density at radius 2 is 1.78 bits per heavy atom. The van der Waals surface area contributed by atoms with Crippen LogP contribution in [0.15, 0.2) is 72.9 Å². The molecule has 0 spiro atoms. The van der Waals surface area contributed by atoms with Gasteiger partial charge in [0.25, 0.3) is 5.91 Å². The van der Waals surface area contributed by atoms with E-state index in [9.17, 15) is 9.59 Å². The first kappa shape index (κ1) is 23.1. The van der Waals surface area contributed by atoms with E-state index < -0.39 is 6.03 Å². The van der Waals surface area contributed by atoms with Gasteiger partial charge in [0.05, 0.1) is 18.9 Å². The minimum atomic E-state index is -0.643. The number of primary amides is 1. The molecule has 1 aromatic heterocycles. The van der Waals surface area contributed by atoms with Gasteiger partial charge in [-0.15, -0.1) is 0 Å². The molecule has 1 saturated heterocycles. The summed E-state index contributed by atoms with van der Waals surface area (Å²) in [6, 6.07) is 19.2. The number of fused-ring (bicyclic) bond motifs is 1. The number of nitrogens with two attached hydrogens (primary N) is 1. The van der Waals surface area contributed by atoms with Crippen LogP contribution in [0.5, 0.6) is 11.6 Å². The van der Waals surface area contributed by atoms with Crippen LogP contribution in [0, 0.1) is 0 Å². The maximum Gasteiger partial charge on any atom is 0.316 e. The minimum Gasteiger partial charge on any atom is -0.438 e. The van der Waals surface area contributed by atoms with Crippen molar-refractivity contribution in [2.45, 2.75) is 0 Å². The van der Waals surface area contributed by atoms with Crippen molar-refractivity contribution >= 4 is 40.0 Å². The Morgan fingerprint density at radius 3 is 2.58 bits per heavy atom. The zero-order valence-electron chi connectivity index (χ0n) is 19.3. The summed E-state index contributed by atoms with van der Waals surface area (Å²) >= 11 is 0. The number of anilines is 3. The molecule has 4 aromatic rings. The molecule has 4 N–H and O–H groups in total. The van der Waals surface area contributed by atoms with Gasteiger partial charge in [-0.1, -0.05) is 30.3 Å². The van der Waals surface area contributed by atoms with Crippen LogP contribution in [0.1, 0.15) is 10.4 Å².